The van der Waals surface area contributed by atoms with Gasteiger partial charge < -0.3 is 10.1 Å². The van der Waals surface area contributed by atoms with Gasteiger partial charge in [-0.25, -0.2) is 4.99 Å². The Morgan fingerprint density at radius 1 is 1.12 bits per heavy atom. The normalized spacial score (nSPS) is 11.3. The molecule has 168 valence electrons. The van der Waals surface area contributed by atoms with Crippen LogP contribution in [0.25, 0.3) is 0 Å². The van der Waals surface area contributed by atoms with Crippen molar-refractivity contribution in [1.82, 2.24) is 15.1 Å². The molecule has 1 amide bonds. The van der Waals surface area contributed by atoms with Crippen molar-refractivity contribution in [2.24, 2.45) is 4.99 Å². The predicted molar refractivity (Wildman–Crippen MR) is 129 cm³/mol. The van der Waals surface area contributed by atoms with Crippen molar-refractivity contribution >= 4 is 29.2 Å². The van der Waals surface area contributed by atoms with Crippen molar-refractivity contribution in [3.05, 3.63) is 76.1 Å². The van der Waals surface area contributed by atoms with E-state index >= 15 is 0 Å². The number of halogens is 1. The zero-order chi connectivity index (χ0) is 23.1. The van der Waals surface area contributed by atoms with Gasteiger partial charge >= 0.3 is 0 Å². The third kappa shape index (κ3) is 5.48. The lowest BCUT2D eigenvalue weighted by atomic mass is 10.2. The second-order valence-corrected chi connectivity index (χ2v) is 7.53. The minimum Gasteiger partial charge on any atom is -0.492 e. The van der Waals surface area contributed by atoms with E-state index in [0.29, 0.717) is 41.1 Å². The molecule has 2 N–H and O–H groups in total. The van der Waals surface area contributed by atoms with E-state index in [1.54, 1.807) is 24.3 Å². The van der Waals surface area contributed by atoms with Crippen LogP contribution < -0.4 is 15.4 Å². The standard InChI is InChI=1S/C24H28ClN5O2/c1-5-30-17(4)19(16(3)29-30)15-26-24(27-21-13-9-10-14-22(21)32-6-2)28-23(31)18-11-7-8-12-20(18)25/h7-14H,5-6,15H2,1-4H3,(H2,26,27,28,31). The van der Waals surface area contributed by atoms with Crippen molar-refractivity contribution < 1.29 is 9.53 Å². The number of amides is 1. The van der Waals surface area contributed by atoms with Crippen molar-refractivity contribution in [1.29, 1.82) is 0 Å². The van der Waals surface area contributed by atoms with E-state index in [4.69, 9.17) is 16.3 Å². The van der Waals surface area contributed by atoms with Gasteiger partial charge in [-0.15, -0.1) is 0 Å². The van der Waals surface area contributed by atoms with Crippen LogP contribution in [0.2, 0.25) is 5.02 Å². The molecule has 0 bridgehead atoms. The highest BCUT2D eigenvalue weighted by Crippen LogP contribution is 2.24. The van der Waals surface area contributed by atoms with Crippen LogP contribution >= 0.6 is 11.6 Å². The van der Waals surface area contributed by atoms with E-state index in [2.05, 4.69) is 20.7 Å². The number of ether oxygens (including phenoxy) is 1. The van der Waals surface area contributed by atoms with Crippen molar-refractivity contribution in [3.63, 3.8) is 0 Å². The predicted octanol–water partition coefficient (Wildman–Crippen LogP) is 4.97. The molecule has 0 aliphatic heterocycles. The number of anilines is 1. The van der Waals surface area contributed by atoms with Gasteiger partial charge in [0.15, 0.2) is 0 Å². The molecular formula is C24H28ClN5O2. The molecule has 0 saturated carbocycles. The Labute approximate surface area is 193 Å². The first kappa shape index (κ1) is 23.3. The Morgan fingerprint density at radius 2 is 1.84 bits per heavy atom. The third-order valence-corrected chi connectivity index (χ3v) is 5.35. The molecule has 3 aromatic rings. The van der Waals surface area contributed by atoms with Crippen LogP contribution in [0.3, 0.4) is 0 Å². The monoisotopic (exact) mass is 453 g/mol. The highest BCUT2D eigenvalue weighted by molar-refractivity contribution is 6.34. The first-order valence-electron chi connectivity index (χ1n) is 10.6. The maximum absolute atomic E-state index is 12.9. The van der Waals surface area contributed by atoms with E-state index in [0.717, 1.165) is 23.5 Å². The number of aryl methyl sites for hydroxylation is 2. The molecule has 7 nitrogen and oxygen atoms in total. The number of guanidine groups is 1. The van der Waals surface area contributed by atoms with Gasteiger partial charge in [-0.2, -0.15) is 5.10 Å². The second-order valence-electron chi connectivity index (χ2n) is 7.12. The number of rotatable bonds is 7. The van der Waals surface area contributed by atoms with Gasteiger partial charge in [0.25, 0.3) is 5.91 Å². The molecule has 0 aliphatic rings. The summed E-state index contributed by atoms with van der Waals surface area (Å²) >= 11 is 6.21. The number of benzene rings is 2. The highest BCUT2D eigenvalue weighted by Gasteiger charge is 2.15. The fourth-order valence-corrected chi connectivity index (χ4v) is 3.56. The molecule has 0 saturated heterocycles. The average Bonchev–Trinajstić information content (AvgIpc) is 3.06. The molecule has 8 heteroatoms. The summed E-state index contributed by atoms with van der Waals surface area (Å²) in [6.45, 7) is 9.62. The maximum Gasteiger partial charge on any atom is 0.259 e. The van der Waals surface area contributed by atoms with Crippen LogP contribution in [0.1, 0.15) is 41.2 Å². The highest BCUT2D eigenvalue weighted by atomic mass is 35.5. The summed E-state index contributed by atoms with van der Waals surface area (Å²) in [5.41, 5.74) is 4.06. The topological polar surface area (TPSA) is 80.5 Å². The fourth-order valence-electron chi connectivity index (χ4n) is 3.34. The largest absolute Gasteiger partial charge is 0.492 e. The average molecular weight is 454 g/mol. The van der Waals surface area contributed by atoms with Crippen LogP contribution in [0.15, 0.2) is 53.5 Å². The number of carbonyl (C=O) groups is 1. The number of aliphatic imine (C=N–C) groups is 1. The number of carbonyl (C=O) groups excluding carboxylic acids is 1. The first-order chi connectivity index (χ1) is 15.4. The molecule has 0 atom stereocenters. The number of nitrogens with one attached hydrogen (secondary N) is 2. The summed E-state index contributed by atoms with van der Waals surface area (Å²) in [4.78, 5) is 17.6. The Bertz CT molecular complexity index is 1120. The molecular weight excluding hydrogens is 426 g/mol. The number of para-hydroxylation sites is 2. The Balaban J connectivity index is 1.92. The molecule has 0 spiro atoms. The number of aromatic nitrogens is 2. The molecule has 0 fully saturated rings. The summed E-state index contributed by atoms with van der Waals surface area (Å²) in [7, 11) is 0. The Morgan fingerprint density at radius 3 is 2.53 bits per heavy atom. The van der Waals surface area contributed by atoms with Gasteiger partial charge in [0.2, 0.25) is 5.96 Å². The Kier molecular flexibility index (Phi) is 7.89. The molecule has 0 aliphatic carbocycles. The van der Waals surface area contributed by atoms with E-state index in [1.165, 1.54) is 0 Å². The van der Waals surface area contributed by atoms with E-state index in [1.807, 2.05) is 56.6 Å². The molecule has 0 radical (unpaired) electrons. The molecule has 0 unspecified atom stereocenters. The summed E-state index contributed by atoms with van der Waals surface area (Å²) < 4.78 is 7.65. The third-order valence-electron chi connectivity index (χ3n) is 5.02. The minimum absolute atomic E-state index is 0.296. The van der Waals surface area contributed by atoms with Gasteiger partial charge in [0.1, 0.15) is 5.75 Å². The zero-order valence-electron chi connectivity index (χ0n) is 18.8. The summed E-state index contributed by atoms with van der Waals surface area (Å²) in [5, 5.41) is 11.0. The molecule has 1 aromatic heterocycles. The molecule has 2 aromatic carbocycles. The zero-order valence-corrected chi connectivity index (χ0v) is 19.5. The second kappa shape index (κ2) is 10.8. The van der Waals surface area contributed by atoms with Crippen molar-refractivity contribution in [3.8, 4) is 5.75 Å². The summed E-state index contributed by atoms with van der Waals surface area (Å²) in [5.74, 6) is 0.611. The smallest absolute Gasteiger partial charge is 0.259 e. The quantitative estimate of drug-likeness (QED) is 0.391. The van der Waals surface area contributed by atoms with Gasteiger partial charge in [-0.3, -0.25) is 14.8 Å². The molecule has 3 rings (SSSR count). The van der Waals surface area contributed by atoms with Crippen LogP contribution in [-0.4, -0.2) is 28.3 Å². The lowest BCUT2D eigenvalue weighted by Crippen LogP contribution is -2.36. The van der Waals surface area contributed by atoms with Gasteiger partial charge in [0, 0.05) is 17.8 Å². The summed E-state index contributed by atoms with van der Waals surface area (Å²) in [6, 6.07) is 14.4. The lowest BCUT2D eigenvalue weighted by Gasteiger charge is -2.15. The maximum atomic E-state index is 12.9. The minimum atomic E-state index is -0.353. The van der Waals surface area contributed by atoms with Crippen LogP contribution in [0.4, 0.5) is 5.69 Å². The Hall–Kier alpha value is -3.32. The van der Waals surface area contributed by atoms with Crippen molar-refractivity contribution in [2.75, 3.05) is 11.9 Å². The van der Waals surface area contributed by atoms with Crippen LogP contribution in [-0.2, 0) is 13.1 Å². The van der Waals surface area contributed by atoms with Gasteiger partial charge in [-0.1, -0.05) is 35.9 Å². The SMILES string of the molecule is CCOc1ccccc1NC(=NCc1c(C)nn(CC)c1C)NC(=O)c1ccccc1Cl. The van der Waals surface area contributed by atoms with E-state index < -0.39 is 0 Å². The fraction of sp³-hybridized carbons (Fsp3) is 0.292. The summed E-state index contributed by atoms with van der Waals surface area (Å²) in [6.07, 6.45) is 0. The lowest BCUT2D eigenvalue weighted by molar-refractivity contribution is 0.0977. The molecule has 1 heterocycles. The number of hydrogen-bond donors (Lipinski definition) is 2. The van der Waals surface area contributed by atoms with Crippen LogP contribution in [0.5, 0.6) is 5.75 Å². The van der Waals surface area contributed by atoms with Gasteiger partial charge in [0.05, 0.1) is 35.1 Å². The van der Waals surface area contributed by atoms with E-state index in [9.17, 15) is 4.79 Å². The number of nitrogens with zero attached hydrogens (tertiary/aromatic N) is 3. The first-order valence-corrected chi connectivity index (χ1v) is 10.9. The van der Waals surface area contributed by atoms with Crippen molar-refractivity contribution in [2.45, 2.75) is 40.8 Å². The molecule has 32 heavy (non-hydrogen) atoms. The number of hydrogen-bond acceptors (Lipinski definition) is 4. The van der Waals surface area contributed by atoms with Gasteiger partial charge in [-0.05, 0) is 52.0 Å². The van der Waals surface area contributed by atoms with Crippen LogP contribution in [0, 0.1) is 13.8 Å². The van der Waals surface area contributed by atoms with E-state index in [-0.39, 0.29) is 5.91 Å².